The molecule has 2 rings (SSSR count). The lowest BCUT2D eigenvalue weighted by Crippen LogP contribution is -2.17. The van der Waals surface area contributed by atoms with E-state index in [1.165, 1.54) is 4.88 Å². The van der Waals surface area contributed by atoms with E-state index in [-0.39, 0.29) is 0 Å². The summed E-state index contributed by atoms with van der Waals surface area (Å²) in [6.45, 7) is 3.20. The number of carbonyl (C=O) groups excluding carboxylic acids is 1. The van der Waals surface area contributed by atoms with E-state index < -0.39 is 6.09 Å². The van der Waals surface area contributed by atoms with E-state index in [0.717, 1.165) is 26.9 Å². The molecule has 0 aliphatic carbocycles. The van der Waals surface area contributed by atoms with E-state index in [9.17, 15) is 4.79 Å². The van der Waals surface area contributed by atoms with Crippen molar-refractivity contribution in [2.75, 3.05) is 23.9 Å². The van der Waals surface area contributed by atoms with Gasteiger partial charge >= 0.3 is 6.09 Å². The molecule has 0 bridgehead atoms. The summed E-state index contributed by atoms with van der Waals surface area (Å²) in [5.74, 6) is 0. The van der Waals surface area contributed by atoms with E-state index in [1.807, 2.05) is 32.2 Å². The molecule has 2 aromatic rings. The van der Waals surface area contributed by atoms with Crippen LogP contribution in [0.4, 0.5) is 16.2 Å². The van der Waals surface area contributed by atoms with Crippen molar-refractivity contribution in [1.82, 2.24) is 0 Å². The van der Waals surface area contributed by atoms with Crippen molar-refractivity contribution in [3.63, 3.8) is 0 Å². The molecule has 0 unspecified atom stereocenters. The van der Waals surface area contributed by atoms with E-state index in [2.05, 4.69) is 54.2 Å². The fourth-order valence-corrected chi connectivity index (χ4v) is 3.95. The standard InChI is InChI=1S/C16H18Br2N2O2S/c1-3-8-22-16(21)19-14-6-4-11(9-13(14)17)20(2)10-12-5-7-15(18)23-12/h4-7,9H,3,8,10H2,1-2H3,(H,19,21). The molecular weight excluding hydrogens is 444 g/mol. The third-order valence-corrected chi connectivity index (χ3v) is 5.35. The third kappa shape index (κ3) is 5.51. The summed E-state index contributed by atoms with van der Waals surface area (Å²) < 4.78 is 6.98. The Kier molecular flexibility index (Phi) is 6.92. The average molecular weight is 462 g/mol. The van der Waals surface area contributed by atoms with Crippen LogP contribution in [0.3, 0.4) is 0 Å². The Balaban J connectivity index is 2.01. The van der Waals surface area contributed by atoms with Crippen LogP contribution >= 0.6 is 43.2 Å². The highest BCUT2D eigenvalue weighted by Gasteiger charge is 2.10. The van der Waals surface area contributed by atoms with Crippen molar-refractivity contribution >= 4 is 60.7 Å². The molecule has 1 aromatic heterocycles. The second kappa shape index (κ2) is 8.70. The first-order valence-electron chi connectivity index (χ1n) is 7.18. The monoisotopic (exact) mass is 460 g/mol. The second-order valence-electron chi connectivity index (χ2n) is 4.99. The van der Waals surface area contributed by atoms with Crippen molar-refractivity contribution in [3.8, 4) is 0 Å². The first-order chi connectivity index (χ1) is 11.0. The summed E-state index contributed by atoms with van der Waals surface area (Å²) in [5, 5.41) is 2.73. The van der Waals surface area contributed by atoms with Crippen molar-refractivity contribution < 1.29 is 9.53 Å². The molecule has 1 N–H and O–H groups in total. The molecule has 0 aliphatic heterocycles. The van der Waals surface area contributed by atoms with Gasteiger partial charge in [-0.05, 0) is 68.6 Å². The zero-order chi connectivity index (χ0) is 16.8. The first-order valence-corrected chi connectivity index (χ1v) is 9.58. The molecule has 4 nitrogen and oxygen atoms in total. The smallest absolute Gasteiger partial charge is 0.411 e. The highest BCUT2D eigenvalue weighted by Crippen LogP contribution is 2.30. The number of hydrogen-bond donors (Lipinski definition) is 1. The fourth-order valence-electron chi connectivity index (χ4n) is 1.95. The molecule has 0 aliphatic rings. The molecule has 0 spiro atoms. The third-order valence-electron chi connectivity index (χ3n) is 3.09. The van der Waals surface area contributed by atoms with Crippen LogP contribution in [0.15, 0.2) is 38.6 Å². The van der Waals surface area contributed by atoms with Crippen LogP contribution in [0.1, 0.15) is 18.2 Å². The van der Waals surface area contributed by atoms with Crippen molar-refractivity contribution in [2.45, 2.75) is 19.9 Å². The van der Waals surface area contributed by atoms with Gasteiger partial charge in [0.2, 0.25) is 0 Å². The number of hydrogen-bond acceptors (Lipinski definition) is 4. The number of carbonyl (C=O) groups is 1. The van der Waals surface area contributed by atoms with Gasteiger partial charge in [0.15, 0.2) is 0 Å². The Hall–Kier alpha value is -1.05. The van der Waals surface area contributed by atoms with Crippen LogP contribution in [0.5, 0.6) is 0 Å². The minimum Gasteiger partial charge on any atom is -0.449 e. The van der Waals surface area contributed by atoms with Crippen molar-refractivity contribution in [3.05, 3.63) is 43.5 Å². The maximum absolute atomic E-state index is 11.6. The van der Waals surface area contributed by atoms with Crippen LogP contribution in [0.25, 0.3) is 0 Å². The Morgan fingerprint density at radius 2 is 2.09 bits per heavy atom. The number of anilines is 2. The minimum atomic E-state index is -0.433. The summed E-state index contributed by atoms with van der Waals surface area (Å²) in [4.78, 5) is 15.1. The normalized spacial score (nSPS) is 10.4. The van der Waals surface area contributed by atoms with E-state index >= 15 is 0 Å². The maximum atomic E-state index is 11.6. The predicted octanol–water partition coefficient (Wildman–Crippen LogP) is 5.87. The van der Waals surface area contributed by atoms with Crippen LogP contribution < -0.4 is 10.2 Å². The number of benzene rings is 1. The molecule has 1 aromatic carbocycles. The minimum absolute atomic E-state index is 0.417. The lowest BCUT2D eigenvalue weighted by Gasteiger charge is -2.19. The SMILES string of the molecule is CCCOC(=O)Nc1ccc(N(C)Cc2ccc(Br)s2)cc1Br. The summed E-state index contributed by atoms with van der Waals surface area (Å²) in [5.41, 5.74) is 1.76. The second-order valence-corrected chi connectivity index (χ2v) is 8.39. The Morgan fingerprint density at radius 1 is 1.30 bits per heavy atom. The van der Waals surface area contributed by atoms with Gasteiger partial charge in [0.25, 0.3) is 0 Å². The largest absolute Gasteiger partial charge is 0.449 e. The average Bonchev–Trinajstić information content (AvgIpc) is 2.92. The molecule has 0 saturated heterocycles. The van der Waals surface area contributed by atoms with Gasteiger partial charge in [-0.1, -0.05) is 6.92 Å². The molecule has 0 atom stereocenters. The number of rotatable bonds is 6. The van der Waals surface area contributed by atoms with Gasteiger partial charge in [-0.2, -0.15) is 0 Å². The molecule has 23 heavy (non-hydrogen) atoms. The first kappa shape index (κ1) is 18.3. The van der Waals surface area contributed by atoms with Gasteiger partial charge < -0.3 is 9.64 Å². The summed E-state index contributed by atoms with van der Waals surface area (Å²) in [6.07, 6.45) is 0.369. The zero-order valence-corrected chi connectivity index (χ0v) is 16.9. The van der Waals surface area contributed by atoms with Crippen molar-refractivity contribution in [1.29, 1.82) is 0 Å². The summed E-state index contributed by atoms with van der Waals surface area (Å²) in [6, 6.07) is 9.99. The number of halogens is 2. The van der Waals surface area contributed by atoms with E-state index in [4.69, 9.17) is 4.74 Å². The number of amides is 1. The number of nitrogens with one attached hydrogen (secondary N) is 1. The van der Waals surface area contributed by atoms with Gasteiger partial charge in [0.05, 0.1) is 22.6 Å². The highest BCUT2D eigenvalue weighted by molar-refractivity contribution is 9.11. The number of nitrogens with zero attached hydrogens (tertiary/aromatic N) is 1. The molecule has 7 heteroatoms. The Labute approximate surface area is 157 Å². The zero-order valence-electron chi connectivity index (χ0n) is 12.9. The molecule has 1 heterocycles. The van der Waals surface area contributed by atoms with Crippen LogP contribution in [-0.4, -0.2) is 19.7 Å². The van der Waals surface area contributed by atoms with Gasteiger partial charge in [-0.3, -0.25) is 5.32 Å². The topological polar surface area (TPSA) is 41.6 Å². The van der Waals surface area contributed by atoms with Crippen molar-refractivity contribution in [2.24, 2.45) is 0 Å². The van der Waals surface area contributed by atoms with Gasteiger partial charge in [0.1, 0.15) is 0 Å². The fraction of sp³-hybridized carbons (Fsp3) is 0.312. The van der Waals surface area contributed by atoms with Gasteiger partial charge in [-0.25, -0.2) is 4.79 Å². The van der Waals surface area contributed by atoms with Gasteiger partial charge in [0, 0.05) is 22.1 Å². The summed E-state index contributed by atoms with van der Waals surface area (Å²) in [7, 11) is 2.04. The molecule has 0 saturated carbocycles. The van der Waals surface area contributed by atoms with Crippen LogP contribution in [0.2, 0.25) is 0 Å². The number of ether oxygens (including phenoxy) is 1. The molecule has 1 amide bonds. The quantitative estimate of drug-likeness (QED) is 0.584. The van der Waals surface area contributed by atoms with E-state index in [0.29, 0.717) is 12.3 Å². The Bertz CT molecular complexity index is 676. The predicted molar refractivity (Wildman–Crippen MR) is 104 cm³/mol. The lowest BCUT2D eigenvalue weighted by atomic mass is 10.2. The van der Waals surface area contributed by atoms with E-state index in [1.54, 1.807) is 11.3 Å². The van der Waals surface area contributed by atoms with Crippen LogP contribution in [-0.2, 0) is 11.3 Å². The highest BCUT2D eigenvalue weighted by atomic mass is 79.9. The van der Waals surface area contributed by atoms with Crippen LogP contribution in [0, 0.1) is 0 Å². The van der Waals surface area contributed by atoms with Gasteiger partial charge in [-0.15, -0.1) is 11.3 Å². The summed E-state index contributed by atoms with van der Waals surface area (Å²) >= 11 is 8.70. The molecule has 124 valence electrons. The maximum Gasteiger partial charge on any atom is 0.411 e. The Morgan fingerprint density at radius 3 is 2.70 bits per heavy atom. The molecular formula is C16H18Br2N2O2S. The molecule has 0 fully saturated rings. The lowest BCUT2D eigenvalue weighted by molar-refractivity contribution is 0.161. The number of thiophene rings is 1. The molecule has 0 radical (unpaired) electrons.